The molecule has 154 valence electrons. The molecule has 3 unspecified atom stereocenters. The van der Waals surface area contributed by atoms with Crippen molar-refractivity contribution in [3.05, 3.63) is 29.8 Å². The number of ether oxygens (including phenoxy) is 1. The number of carbonyl (C=O) groups is 2. The number of piperidine rings is 1. The van der Waals surface area contributed by atoms with Gasteiger partial charge in [-0.25, -0.2) is 0 Å². The molecule has 6 heteroatoms. The molecule has 2 N–H and O–H groups in total. The molecule has 2 aliphatic heterocycles. The van der Waals surface area contributed by atoms with Crippen LogP contribution < -0.4 is 15.4 Å². The molecule has 0 radical (unpaired) electrons. The van der Waals surface area contributed by atoms with Crippen molar-refractivity contribution in [2.24, 2.45) is 5.92 Å². The minimum Gasteiger partial charge on any atom is -0.484 e. The van der Waals surface area contributed by atoms with Crippen LogP contribution in [0.5, 0.6) is 5.75 Å². The van der Waals surface area contributed by atoms with Gasteiger partial charge < -0.3 is 20.3 Å². The normalized spacial score (nSPS) is 24.8. The van der Waals surface area contributed by atoms with Crippen LogP contribution in [0.3, 0.4) is 0 Å². The van der Waals surface area contributed by atoms with Gasteiger partial charge in [0.25, 0.3) is 11.8 Å². The first-order chi connectivity index (χ1) is 13.5. The first-order valence-corrected chi connectivity index (χ1v) is 10.6. The Kier molecular flexibility index (Phi) is 7.31. The maximum Gasteiger partial charge on any atom is 0.260 e. The lowest BCUT2D eigenvalue weighted by atomic mass is 9.97. The summed E-state index contributed by atoms with van der Waals surface area (Å²) in [7, 11) is 0. The third kappa shape index (κ3) is 5.47. The minimum atomic E-state index is -0.0652. The number of amides is 2. The van der Waals surface area contributed by atoms with E-state index in [9.17, 15) is 9.59 Å². The fourth-order valence-corrected chi connectivity index (χ4v) is 4.29. The topological polar surface area (TPSA) is 70.7 Å². The molecule has 28 heavy (non-hydrogen) atoms. The molecule has 2 aliphatic rings. The molecule has 1 aromatic carbocycles. The number of nitrogens with one attached hydrogen (secondary N) is 2. The summed E-state index contributed by atoms with van der Waals surface area (Å²) in [6.45, 7) is 7.07. The summed E-state index contributed by atoms with van der Waals surface area (Å²) in [5.41, 5.74) is 0.612. The van der Waals surface area contributed by atoms with E-state index >= 15 is 0 Å². The Morgan fingerprint density at radius 1 is 1.14 bits per heavy atom. The Balaban J connectivity index is 1.43. The van der Waals surface area contributed by atoms with Crippen LogP contribution in [-0.2, 0) is 4.79 Å². The van der Waals surface area contributed by atoms with Gasteiger partial charge in [0.05, 0.1) is 0 Å². The molecule has 3 rings (SSSR count). The van der Waals surface area contributed by atoms with Crippen LogP contribution in [0.1, 0.15) is 56.3 Å². The van der Waals surface area contributed by atoms with E-state index in [1.54, 1.807) is 24.3 Å². The van der Waals surface area contributed by atoms with Crippen molar-refractivity contribution in [1.29, 1.82) is 0 Å². The van der Waals surface area contributed by atoms with Crippen molar-refractivity contribution < 1.29 is 14.3 Å². The van der Waals surface area contributed by atoms with E-state index in [0.717, 1.165) is 32.4 Å². The predicted molar refractivity (Wildman–Crippen MR) is 109 cm³/mol. The van der Waals surface area contributed by atoms with Gasteiger partial charge in [-0.3, -0.25) is 9.59 Å². The van der Waals surface area contributed by atoms with Crippen molar-refractivity contribution in [3.63, 3.8) is 0 Å². The van der Waals surface area contributed by atoms with Gasteiger partial charge in [0.15, 0.2) is 6.61 Å². The monoisotopic (exact) mass is 387 g/mol. The highest BCUT2D eigenvalue weighted by Gasteiger charge is 2.29. The van der Waals surface area contributed by atoms with Gasteiger partial charge in [0, 0.05) is 24.2 Å². The summed E-state index contributed by atoms with van der Waals surface area (Å²) >= 11 is 0. The van der Waals surface area contributed by atoms with E-state index in [-0.39, 0.29) is 30.5 Å². The van der Waals surface area contributed by atoms with E-state index in [1.807, 2.05) is 4.90 Å². The molecular formula is C22H33N3O3. The summed E-state index contributed by atoms with van der Waals surface area (Å²) in [5.74, 6) is 1.24. The Labute approximate surface area is 168 Å². The van der Waals surface area contributed by atoms with Crippen LogP contribution in [0.25, 0.3) is 0 Å². The molecule has 3 atom stereocenters. The smallest absolute Gasteiger partial charge is 0.260 e. The van der Waals surface area contributed by atoms with Crippen LogP contribution in [0.15, 0.2) is 24.3 Å². The predicted octanol–water partition coefficient (Wildman–Crippen LogP) is 2.58. The lowest BCUT2D eigenvalue weighted by Gasteiger charge is -2.38. The number of hydrogen-bond donors (Lipinski definition) is 2. The molecule has 2 fully saturated rings. The fourth-order valence-electron chi connectivity index (χ4n) is 4.29. The average molecular weight is 388 g/mol. The number of nitrogens with zero attached hydrogens (tertiary/aromatic N) is 1. The molecule has 0 aromatic heterocycles. The van der Waals surface area contributed by atoms with Gasteiger partial charge >= 0.3 is 0 Å². The zero-order valence-corrected chi connectivity index (χ0v) is 17.1. The molecule has 2 heterocycles. The second-order valence-corrected chi connectivity index (χ2v) is 8.15. The number of hydrogen-bond acceptors (Lipinski definition) is 4. The van der Waals surface area contributed by atoms with Crippen molar-refractivity contribution in [3.8, 4) is 5.75 Å². The molecule has 0 aliphatic carbocycles. The standard InChI is InChI=1S/C22H33N3O3/c1-16-4-3-5-17(2)25(16)21(26)15-28-20-8-6-19(7-9-20)22(27)24-13-11-18-10-12-23-14-18/h6-9,16-18,23H,3-5,10-15H2,1-2H3,(H,24,27). The van der Waals surface area contributed by atoms with E-state index in [0.29, 0.717) is 23.8 Å². The van der Waals surface area contributed by atoms with Gasteiger partial charge in [-0.15, -0.1) is 0 Å². The third-order valence-corrected chi connectivity index (χ3v) is 5.96. The fraction of sp³-hybridized carbons (Fsp3) is 0.636. The van der Waals surface area contributed by atoms with Crippen molar-refractivity contribution in [2.45, 2.75) is 58.0 Å². The molecule has 0 spiro atoms. The molecule has 6 nitrogen and oxygen atoms in total. The van der Waals surface area contributed by atoms with Crippen LogP contribution in [0.2, 0.25) is 0 Å². The third-order valence-electron chi connectivity index (χ3n) is 5.96. The van der Waals surface area contributed by atoms with Gasteiger partial charge in [0.1, 0.15) is 5.75 Å². The Hall–Kier alpha value is -2.08. The molecular weight excluding hydrogens is 354 g/mol. The molecule has 0 bridgehead atoms. The maximum absolute atomic E-state index is 12.5. The highest BCUT2D eigenvalue weighted by molar-refractivity contribution is 5.94. The summed E-state index contributed by atoms with van der Waals surface area (Å²) in [6.07, 6.45) is 5.48. The zero-order valence-electron chi connectivity index (χ0n) is 17.1. The van der Waals surface area contributed by atoms with Crippen LogP contribution in [-0.4, -0.2) is 55.0 Å². The van der Waals surface area contributed by atoms with E-state index in [2.05, 4.69) is 24.5 Å². The Bertz CT molecular complexity index is 645. The number of likely N-dealkylation sites (tertiary alicyclic amines) is 1. The highest BCUT2D eigenvalue weighted by atomic mass is 16.5. The van der Waals surface area contributed by atoms with Gasteiger partial charge in [-0.05, 0) is 89.2 Å². The summed E-state index contributed by atoms with van der Waals surface area (Å²) in [5, 5.41) is 6.32. The SMILES string of the molecule is CC1CCCC(C)N1C(=O)COc1ccc(C(=O)NCCC2CCNC2)cc1. The summed E-state index contributed by atoms with van der Waals surface area (Å²) in [4.78, 5) is 26.7. The van der Waals surface area contributed by atoms with Crippen molar-refractivity contribution >= 4 is 11.8 Å². The lowest BCUT2D eigenvalue weighted by Crippen LogP contribution is -2.49. The van der Waals surface area contributed by atoms with E-state index < -0.39 is 0 Å². The molecule has 2 saturated heterocycles. The quantitative estimate of drug-likeness (QED) is 0.754. The van der Waals surface area contributed by atoms with Crippen LogP contribution in [0, 0.1) is 5.92 Å². The average Bonchev–Trinajstić information content (AvgIpc) is 3.20. The number of carbonyl (C=O) groups excluding carboxylic acids is 2. The molecule has 2 amide bonds. The van der Waals surface area contributed by atoms with Crippen molar-refractivity contribution in [2.75, 3.05) is 26.2 Å². The molecule has 1 aromatic rings. The Morgan fingerprint density at radius 3 is 2.50 bits per heavy atom. The minimum absolute atomic E-state index is 0.0305. The van der Waals surface area contributed by atoms with Gasteiger partial charge in [-0.2, -0.15) is 0 Å². The lowest BCUT2D eigenvalue weighted by molar-refractivity contribution is -0.139. The van der Waals surface area contributed by atoms with E-state index in [4.69, 9.17) is 4.74 Å². The first kappa shape index (κ1) is 20.6. The van der Waals surface area contributed by atoms with Crippen LogP contribution >= 0.6 is 0 Å². The number of rotatable bonds is 7. The van der Waals surface area contributed by atoms with Gasteiger partial charge in [-0.1, -0.05) is 0 Å². The Morgan fingerprint density at radius 2 is 1.86 bits per heavy atom. The largest absolute Gasteiger partial charge is 0.484 e. The highest BCUT2D eigenvalue weighted by Crippen LogP contribution is 2.23. The first-order valence-electron chi connectivity index (χ1n) is 10.6. The van der Waals surface area contributed by atoms with Crippen LogP contribution in [0.4, 0.5) is 0 Å². The number of benzene rings is 1. The summed E-state index contributed by atoms with van der Waals surface area (Å²) in [6, 6.07) is 7.55. The second-order valence-electron chi connectivity index (χ2n) is 8.15. The van der Waals surface area contributed by atoms with Gasteiger partial charge in [0.2, 0.25) is 0 Å². The zero-order chi connectivity index (χ0) is 19.9. The van der Waals surface area contributed by atoms with E-state index in [1.165, 1.54) is 12.8 Å². The van der Waals surface area contributed by atoms with Crippen molar-refractivity contribution in [1.82, 2.24) is 15.5 Å². The summed E-state index contributed by atoms with van der Waals surface area (Å²) < 4.78 is 5.67. The second kappa shape index (κ2) is 9.92. The molecule has 0 saturated carbocycles. The maximum atomic E-state index is 12.5.